The predicted molar refractivity (Wildman–Crippen MR) is 63.3 cm³/mol. The van der Waals surface area contributed by atoms with Crippen molar-refractivity contribution in [3.63, 3.8) is 0 Å². The molecule has 0 amide bonds. The fourth-order valence-electron chi connectivity index (χ4n) is 2.21. The molecule has 2 heteroatoms. The van der Waals surface area contributed by atoms with Crippen molar-refractivity contribution in [2.75, 3.05) is 0 Å². The van der Waals surface area contributed by atoms with Gasteiger partial charge >= 0.3 is 0 Å². The Morgan fingerprint density at radius 3 is 2.50 bits per heavy atom. The minimum Gasteiger partial charge on any atom is -0.328 e. The van der Waals surface area contributed by atoms with Gasteiger partial charge in [-0.2, -0.15) is 0 Å². The average molecular weight is 254 g/mol. The summed E-state index contributed by atoms with van der Waals surface area (Å²) in [6, 6.07) is 9.11. The van der Waals surface area contributed by atoms with E-state index >= 15 is 0 Å². The van der Waals surface area contributed by atoms with E-state index in [0.29, 0.717) is 6.04 Å². The van der Waals surface area contributed by atoms with E-state index in [2.05, 4.69) is 40.2 Å². The zero-order valence-corrected chi connectivity index (χ0v) is 9.83. The first-order valence-corrected chi connectivity index (χ1v) is 6.06. The van der Waals surface area contributed by atoms with E-state index in [0.717, 1.165) is 5.92 Å². The number of hydrogen-bond donors (Lipinski definition) is 1. The van der Waals surface area contributed by atoms with Crippen molar-refractivity contribution in [1.82, 2.24) is 0 Å². The first-order valence-electron chi connectivity index (χ1n) is 5.27. The van der Waals surface area contributed by atoms with Gasteiger partial charge in [-0.25, -0.2) is 0 Å². The normalized spacial score (nSPS) is 27.6. The van der Waals surface area contributed by atoms with E-state index in [1.165, 1.54) is 35.7 Å². The van der Waals surface area contributed by atoms with E-state index in [4.69, 9.17) is 5.73 Å². The van der Waals surface area contributed by atoms with Crippen LogP contribution >= 0.6 is 15.9 Å². The molecule has 1 saturated carbocycles. The summed E-state index contributed by atoms with van der Waals surface area (Å²) in [5, 5.41) is 0. The standard InChI is InChI=1S/C12H16BrN/c13-11-3-1-2-10(8-11)9-4-6-12(14)7-5-9/h1-3,8-9,12H,4-7,14H2. The Bertz CT molecular complexity index is 303. The van der Waals surface area contributed by atoms with Crippen LogP contribution < -0.4 is 5.73 Å². The van der Waals surface area contributed by atoms with Crippen LogP contribution in [0.5, 0.6) is 0 Å². The Morgan fingerprint density at radius 2 is 1.86 bits per heavy atom. The van der Waals surface area contributed by atoms with Gasteiger partial charge in [-0.15, -0.1) is 0 Å². The molecule has 2 rings (SSSR count). The Hall–Kier alpha value is -0.340. The molecule has 0 aliphatic heterocycles. The van der Waals surface area contributed by atoms with Crippen LogP contribution in [0.1, 0.15) is 37.2 Å². The second kappa shape index (κ2) is 4.45. The van der Waals surface area contributed by atoms with Gasteiger partial charge in [-0.3, -0.25) is 0 Å². The molecule has 1 fully saturated rings. The molecule has 1 aliphatic carbocycles. The Labute approximate surface area is 93.8 Å². The van der Waals surface area contributed by atoms with Crippen LogP contribution in [-0.2, 0) is 0 Å². The number of halogens is 1. The number of hydrogen-bond acceptors (Lipinski definition) is 1. The maximum Gasteiger partial charge on any atom is 0.0178 e. The van der Waals surface area contributed by atoms with E-state index in [9.17, 15) is 0 Å². The largest absolute Gasteiger partial charge is 0.328 e. The third-order valence-electron chi connectivity index (χ3n) is 3.09. The molecule has 0 unspecified atom stereocenters. The topological polar surface area (TPSA) is 26.0 Å². The molecule has 0 aromatic heterocycles. The maximum absolute atomic E-state index is 5.90. The summed E-state index contributed by atoms with van der Waals surface area (Å²) in [4.78, 5) is 0. The van der Waals surface area contributed by atoms with Gasteiger partial charge in [-0.1, -0.05) is 28.1 Å². The molecule has 0 bridgehead atoms. The summed E-state index contributed by atoms with van der Waals surface area (Å²) in [5.74, 6) is 0.729. The number of benzene rings is 1. The van der Waals surface area contributed by atoms with Crippen LogP contribution in [0, 0.1) is 0 Å². The summed E-state index contributed by atoms with van der Waals surface area (Å²) in [6.07, 6.45) is 4.85. The van der Waals surface area contributed by atoms with Crippen LogP contribution in [0.15, 0.2) is 28.7 Å². The van der Waals surface area contributed by atoms with Crippen molar-refractivity contribution in [3.05, 3.63) is 34.3 Å². The fourth-order valence-corrected chi connectivity index (χ4v) is 2.63. The SMILES string of the molecule is NC1CCC(c2cccc(Br)c2)CC1. The minimum absolute atomic E-state index is 0.443. The summed E-state index contributed by atoms with van der Waals surface area (Å²) in [5.41, 5.74) is 7.36. The van der Waals surface area contributed by atoms with Gasteiger partial charge in [-0.05, 0) is 49.3 Å². The molecule has 76 valence electrons. The zero-order chi connectivity index (χ0) is 9.97. The van der Waals surface area contributed by atoms with Crippen LogP contribution in [0.25, 0.3) is 0 Å². The third kappa shape index (κ3) is 2.37. The summed E-state index contributed by atoms with van der Waals surface area (Å²) < 4.78 is 1.19. The molecule has 1 nitrogen and oxygen atoms in total. The summed E-state index contributed by atoms with van der Waals surface area (Å²) >= 11 is 3.52. The minimum atomic E-state index is 0.443. The lowest BCUT2D eigenvalue weighted by atomic mass is 9.82. The fraction of sp³-hybridized carbons (Fsp3) is 0.500. The average Bonchev–Trinajstić information content (AvgIpc) is 2.19. The van der Waals surface area contributed by atoms with Gasteiger partial charge < -0.3 is 5.73 Å². The highest BCUT2D eigenvalue weighted by atomic mass is 79.9. The first-order chi connectivity index (χ1) is 6.75. The van der Waals surface area contributed by atoms with E-state index in [1.54, 1.807) is 0 Å². The van der Waals surface area contributed by atoms with Crippen molar-refractivity contribution in [2.24, 2.45) is 5.73 Å². The van der Waals surface area contributed by atoms with Gasteiger partial charge in [0.05, 0.1) is 0 Å². The smallest absolute Gasteiger partial charge is 0.0178 e. The maximum atomic E-state index is 5.90. The van der Waals surface area contributed by atoms with Crippen molar-refractivity contribution >= 4 is 15.9 Å². The van der Waals surface area contributed by atoms with E-state index in [-0.39, 0.29) is 0 Å². The van der Waals surface area contributed by atoms with Gasteiger partial charge in [0.1, 0.15) is 0 Å². The van der Waals surface area contributed by atoms with Gasteiger partial charge in [0.15, 0.2) is 0 Å². The van der Waals surface area contributed by atoms with Crippen LogP contribution in [0.3, 0.4) is 0 Å². The van der Waals surface area contributed by atoms with Crippen LogP contribution in [-0.4, -0.2) is 6.04 Å². The highest BCUT2D eigenvalue weighted by Gasteiger charge is 2.19. The second-order valence-corrected chi connectivity index (χ2v) is 5.08. The molecule has 0 spiro atoms. The molecule has 1 aromatic rings. The van der Waals surface area contributed by atoms with Crippen LogP contribution in [0.2, 0.25) is 0 Å². The van der Waals surface area contributed by atoms with E-state index < -0.39 is 0 Å². The molecule has 2 N–H and O–H groups in total. The zero-order valence-electron chi connectivity index (χ0n) is 8.25. The predicted octanol–water partition coefficient (Wildman–Crippen LogP) is 3.43. The molecule has 1 aromatic carbocycles. The third-order valence-corrected chi connectivity index (χ3v) is 3.59. The highest BCUT2D eigenvalue weighted by molar-refractivity contribution is 9.10. The van der Waals surface area contributed by atoms with Gasteiger partial charge in [0.25, 0.3) is 0 Å². The lowest BCUT2D eigenvalue weighted by Crippen LogP contribution is -2.25. The van der Waals surface area contributed by atoms with Crippen LogP contribution in [0.4, 0.5) is 0 Å². The highest BCUT2D eigenvalue weighted by Crippen LogP contribution is 2.33. The summed E-state index contributed by atoms with van der Waals surface area (Å²) in [6.45, 7) is 0. The molecule has 0 atom stereocenters. The first kappa shape index (κ1) is 10.2. The molecule has 1 aliphatic rings. The molecular formula is C12H16BrN. The molecular weight excluding hydrogens is 238 g/mol. The Kier molecular flexibility index (Phi) is 3.24. The van der Waals surface area contributed by atoms with Gasteiger partial charge in [0.2, 0.25) is 0 Å². The van der Waals surface area contributed by atoms with Crippen molar-refractivity contribution < 1.29 is 0 Å². The molecule has 0 heterocycles. The summed E-state index contributed by atoms with van der Waals surface area (Å²) in [7, 11) is 0. The second-order valence-electron chi connectivity index (χ2n) is 4.17. The lowest BCUT2D eigenvalue weighted by Gasteiger charge is -2.26. The number of nitrogens with two attached hydrogens (primary N) is 1. The van der Waals surface area contributed by atoms with Gasteiger partial charge in [0, 0.05) is 10.5 Å². The Balaban J connectivity index is 2.08. The van der Waals surface area contributed by atoms with Crippen molar-refractivity contribution in [2.45, 2.75) is 37.6 Å². The quantitative estimate of drug-likeness (QED) is 0.816. The van der Waals surface area contributed by atoms with Crippen molar-refractivity contribution in [3.8, 4) is 0 Å². The van der Waals surface area contributed by atoms with E-state index in [1.807, 2.05) is 0 Å². The number of rotatable bonds is 1. The molecule has 14 heavy (non-hydrogen) atoms. The molecule has 0 saturated heterocycles. The molecule has 0 radical (unpaired) electrons. The lowest BCUT2D eigenvalue weighted by molar-refractivity contribution is 0.395. The monoisotopic (exact) mass is 253 g/mol. The Morgan fingerprint density at radius 1 is 1.14 bits per heavy atom. The van der Waals surface area contributed by atoms with Crippen molar-refractivity contribution in [1.29, 1.82) is 0 Å².